The molecule has 4 nitrogen and oxygen atoms in total. The van der Waals surface area contributed by atoms with Gasteiger partial charge in [0.25, 0.3) is 0 Å². The van der Waals surface area contributed by atoms with Gasteiger partial charge < -0.3 is 14.4 Å². The van der Waals surface area contributed by atoms with Crippen molar-refractivity contribution < 1.29 is 9.84 Å². The Balaban J connectivity index is 2.06. The first-order valence-corrected chi connectivity index (χ1v) is 6.56. The van der Waals surface area contributed by atoms with E-state index in [1.807, 2.05) is 29.0 Å². The Morgan fingerprint density at radius 1 is 1.44 bits per heavy atom. The topological polar surface area (TPSA) is 47.3 Å². The first-order chi connectivity index (χ1) is 8.74. The van der Waals surface area contributed by atoms with Gasteiger partial charge in [0.1, 0.15) is 18.2 Å². The average molecular weight is 311 g/mol. The third-order valence-corrected chi connectivity index (χ3v) is 3.47. The van der Waals surface area contributed by atoms with E-state index in [1.165, 1.54) is 0 Å². The number of imidazole rings is 1. The Hall–Kier alpha value is -1.33. The van der Waals surface area contributed by atoms with E-state index in [-0.39, 0.29) is 6.61 Å². The van der Waals surface area contributed by atoms with Crippen LogP contribution in [0.4, 0.5) is 0 Å². The van der Waals surface area contributed by atoms with Crippen molar-refractivity contribution in [2.75, 3.05) is 0 Å². The highest BCUT2D eigenvalue weighted by molar-refractivity contribution is 9.10. The van der Waals surface area contributed by atoms with Gasteiger partial charge in [-0.3, -0.25) is 0 Å². The summed E-state index contributed by atoms with van der Waals surface area (Å²) >= 11 is 3.37. The van der Waals surface area contributed by atoms with Gasteiger partial charge in [-0.1, -0.05) is 15.9 Å². The van der Waals surface area contributed by atoms with Crippen molar-refractivity contribution in [3.63, 3.8) is 0 Å². The zero-order valence-corrected chi connectivity index (χ0v) is 11.7. The predicted octanol–water partition coefficient (Wildman–Crippen LogP) is 2.74. The van der Waals surface area contributed by atoms with Gasteiger partial charge in [-0.2, -0.15) is 0 Å². The molecular formula is C13H15BrN2O2. The molecule has 2 rings (SSSR count). The Morgan fingerprint density at radius 3 is 3.00 bits per heavy atom. The number of ether oxygens (including phenoxy) is 1. The molecule has 0 bridgehead atoms. The number of aliphatic hydroxyl groups is 1. The van der Waals surface area contributed by atoms with Gasteiger partial charge in [-0.25, -0.2) is 4.98 Å². The summed E-state index contributed by atoms with van der Waals surface area (Å²) in [5.74, 6) is 1.62. The van der Waals surface area contributed by atoms with Crippen LogP contribution in [0.1, 0.15) is 18.3 Å². The molecule has 0 saturated heterocycles. The molecule has 0 amide bonds. The highest BCUT2D eigenvalue weighted by atomic mass is 79.9. The second-order valence-electron chi connectivity index (χ2n) is 3.83. The van der Waals surface area contributed by atoms with Gasteiger partial charge in [0.05, 0.1) is 6.61 Å². The summed E-state index contributed by atoms with van der Waals surface area (Å²) < 4.78 is 8.59. The lowest BCUT2D eigenvalue weighted by molar-refractivity contribution is 0.274. The molecule has 1 aromatic heterocycles. The fourth-order valence-electron chi connectivity index (χ4n) is 1.68. The van der Waals surface area contributed by atoms with E-state index in [2.05, 4.69) is 27.8 Å². The molecule has 18 heavy (non-hydrogen) atoms. The van der Waals surface area contributed by atoms with Crippen LogP contribution in [0.15, 0.2) is 35.1 Å². The lowest BCUT2D eigenvalue weighted by Gasteiger charge is -2.09. The van der Waals surface area contributed by atoms with Crippen LogP contribution in [0.2, 0.25) is 0 Å². The molecule has 0 aliphatic rings. The van der Waals surface area contributed by atoms with Gasteiger partial charge in [-0.15, -0.1) is 0 Å². The molecule has 1 aromatic carbocycles. The van der Waals surface area contributed by atoms with Gasteiger partial charge >= 0.3 is 0 Å². The standard InChI is InChI=1S/C13H15BrN2O2/c1-2-16-6-5-15-13(16)9-18-11-3-4-12(14)10(7-11)8-17/h3-7,17H,2,8-9H2,1H3. The Morgan fingerprint density at radius 2 is 2.28 bits per heavy atom. The Kier molecular flexibility index (Phi) is 4.38. The van der Waals surface area contributed by atoms with E-state index >= 15 is 0 Å². The molecule has 0 unspecified atom stereocenters. The summed E-state index contributed by atoms with van der Waals surface area (Å²) in [4.78, 5) is 4.24. The van der Waals surface area contributed by atoms with Crippen LogP contribution in [0.3, 0.4) is 0 Å². The van der Waals surface area contributed by atoms with Crippen molar-refractivity contribution >= 4 is 15.9 Å². The minimum atomic E-state index is -0.0125. The number of aromatic nitrogens is 2. The number of rotatable bonds is 5. The molecule has 0 spiro atoms. The fourth-order valence-corrected chi connectivity index (χ4v) is 2.05. The summed E-state index contributed by atoms with van der Waals surface area (Å²) in [7, 11) is 0. The zero-order chi connectivity index (χ0) is 13.0. The molecule has 0 fully saturated rings. The smallest absolute Gasteiger partial charge is 0.146 e. The summed E-state index contributed by atoms with van der Waals surface area (Å²) in [6, 6.07) is 5.55. The maximum absolute atomic E-state index is 9.18. The molecule has 2 aromatic rings. The lowest BCUT2D eigenvalue weighted by Crippen LogP contribution is -2.05. The highest BCUT2D eigenvalue weighted by Gasteiger charge is 2.04. The van der Waals surface area contributed by atoms with E-state index in [0.717, 1.165) is 28.2 Å². The second kappa shape index (κ2) is 6.02. The van der Waals surface area contributed by atoms with Crippen molar-refractivity contribution in [2.45, 2.75) is 26.7 Å². The molecule has 5 heteroatoms. The number of hydrogen-bond acceptors (Lipinski definition) is 3. The highest BCUT2D eigenvalue weighted by Crippen LogP contribution is 2.23. The summed E-state index contributed by atoms with van der Waals surface area (Å²) in [6.45, 7) is 3.35. The largest absolute Gasteiger partial charge is 0.486 e. The maximum Gasteiger partial charge on any atom is 0.146 e. The number of aliphatic hydroxyl groups excluding tert-OH is 1. The van der Waals surface area contributed by atoms with Crippen LogP contribution in [0.25, 0.3) is 0 Å². The molecule has 0 saturated carbocycles. The molecule has 1 heterocycles. The average Bonchev–Trinajstić information content (AvgIpc) is 2.85. The maximum atomic E-state index is 9.18. The zero-order valence-electron chi connectivity index (χ0n) is 10.1. The van der Waals surface area contributed by atoms with Crippen LogP contribution in [-0.4, -0.2) is 14.7 Å². The number of nitrogens with zero attached hydrogens (tertiary/aromatic N) is 2. The fraction of sp³-hybridized carbons (Fsp3) is 0.308. The van der Waals surface area contributed by atoms with Crippen LogP contribution in [0.5, 0.6) is 5.75 Å². The molecule has 0 radical (unpaired) electrons. The molecule has 0 atom stereocenters. The monoisotopic (exact) mass is 310 g/mol. The molecule has 0 aliphatic heterocycles. The van der Waals surface area contributed by atoms with Crippen LogP contribution in [0, 0.1) is 0 Å². The minimum Gasteiger partial charge on any atom is -0.486 e. The van der Waals surface area contributed by atoms with Crippen molar-refractivity contribution in [3.8, 4) is 5.75 Å². The van der Waals surface area contributed by atoms with Gasteiger partial charge in [0.15, 0.2) is 0 Å². The summed E-state index contributed by atoms with van der Waals surface area (Å²) in [5.41, 5.74) is 0.811. The lowest BCUT2D eigenvalue weighted by atomic mass is 10.2. The second-order valence-corrected chi connectivity index (χ2v) is 4.68. The first kappa shape index (κ1) is 13.1. The van der Waals surface area contributed by atoms with Crippen molar-refractivity contribution in [1.82, 2.24) is 9.55 Å². The van der Waals surface area contributed by atoms with Gasteiger partial charge in [-0.05, 0) is 30.7 Å². The number of hydrogen-bond donors (Lipinski definition) is 1. The summed E-state index contributed by atoms with van der Waals surface area (Å²) in [6.07, 6.45) is 3.70. The minimum absolute atomic E-state index is 0.0125. The molecule has 0 aliphatic carbocycles. The van der Waals surface area contributed by atoms with E-state index in [4.69, 9.17) is 4.74 Å². The molecule has 96 valence electrons. The van der Waals surface area contributed by atoms with E-state index < -0.39 is 0 Å². The van der Waals surface area contributed by atoms with E-state index in [0.29, 0.717) is 6.61 Å². The van der Waals surface area contributed by atoms with Gasteiger partial charge in [0.2, 0.25) is 0 Å². The first-order valence-electron chi connectivity index (χ1n) is 5.76. The SMILES string of the molecule is CCn1ccnc1COc1ccc(Br)c(CO)c1. The number of aryl methyl sites for hydroxylation is 1. The number of halogens is 1. The van der Waals surface area contributed by atoms with Crippen molar-refractivity contribution in [3.05, 3.63) is 46.5 Å². The molecular weight excluding hydrogens is 296 g/mol. The Bertz CT molecular complexity index is 525. The van der Waals surface area contributed by atoms with Gasteiger partial charge in [0, 0.05) is 23.4 Å². The predicted molar refractivity (Wildman–Crippen MR) is 72.3 cm³/mol. The third kappa shape index (κ3) is 2.91. The van der Waals surface area contributed by atoms with E-state index in [1.54, 1.807) is 6.20 Å². The summed E-state index contributed by atoms with van der Waals surface area (Å²) in [5, 5.41) is 9.18. The van der Waals surface area contributed by atoms with Crippen LogP contribution in [-0.2, 0) is 19.8 Å². The van der Waals surface area contributed by atoms with Crippen molar-refractivity contribution in [1.29, 1.82) is 0 Å². The van der Waals surface area contributed by atoms with E-state index in [9.17, 15) is 5.11 Å². The van der Waals surface area contributed by atoms with Crippen molar-refractivity contribution in [2.24, 2.45) is 0 Å². The van der Waals surface area contributed by atoms with Crippen LogP contribution < -0.4 is 4.74 Å². The van der Waals surface area contributed by atoms with Crippen LogP contribution >= 0.6 is 15.9 Å². The Labute approximate surface area is 114 Å². The normalized spacial score (nSPS) is 10.6. The molecule has 1 N–H and O–H groups in total. The third-order valence-electron chi connectivity index (χ3n) is 2.70. The number of benzene rings is 1. The quantitative estimate of drug-likeness (QED) is 0.923.